The Hall–Kier alpha value is -3.54. The normalized spacial score (nSPS) is 17.4. The molecular formula is C28H37N9O2. The van der Waals surface area contributed by atoms with Gasteiger partial charge in [0.1, 0.15) is 5.82 Å². The van der Waals surface area contributed by atoms with E-state index in [1.807, 2.05) is 33.2 Å². The molecule has 0 bridgehead atoms. The van der Waals surface area contributed by atoms with Gasteiger partial charge in [0, 0.05) is 61.4 Å². The third-order valence-electron chi connectivity index (χ3n) is 8.45. The first kappa shape index (κ1) is 25.7. The number of carbonyl (C=O) groups excluding carboxylic acids is 1. The van der Waals surface area contributed by atoms with Gasteiger partial charge in [-0.25, -0.2) is 15.0 Å². The fourth-order valence-corrected chi connectivity index (χ4v) is 5.63. The number of likely N-dealkylation sites (tertiary alicyclic amines) is 1. The zero-order valence-corrected chi connectivity index (χ0v) is 23.1. The first-order valence-electron chi connectivity index (χ1n) is 13.7. The van der Waals surface area contributed by atoms with Crippen molar-refractivity contribution in [3.8, 4) is 11.4 Å². The number of morpholine rings is 1. The minimum atomic E-state index is -0.686. The van der Waals surface area contributed by atoms with E-state index in [-0.39, 0.29) is 11.9 Å². The van der Waals surface area contributed by atoms with Gasteiger partial charge in [0.15, 0.2) is 22.8 Å². The van der Waals surface area contributed by atoms with E-state index in [2.05, 4.69) is 49.4 Å². The van der Waals surface area contributed by atoms with Crippen LogP contribution in [-0.2, 0) is 22.6 Å². The summed E-state index contributed by atoms with van der Waals surface area (Å²) in [6, 6.07) is 8.53. The molecule has 11 heteroatoms. The van der Waals surface area contributed by atoms with Gasteiger partial charge in [-0.2, -0.15) is 0 Å². The second-order valence-corrected chi connectivity index (χ2v) is 11.0. The number of hydrogen-bond acceptors (Lipinski definition) is 8. The SMILES string of the molecule is CCn1c(CN2CC(N(C)C(C)(C)C(N)=O)C2)nc2c(N3CCOCC3)nc(-c3cccc4[nH]ccc34)nc21. The van der Waals surface area contributed by atoms with Gasteiger partial charge in [-0.15, -0.1) is 0 Å². The van der Waals surface area contributed by atoms with Gasteiger partial charge in [-0.05, 0) is 40.0 Å². The Morgan fingerprint density at radius 2 is 1.95 bits per heavy atom. The van der Waals surface area contributed by atoms with Gasteiger partial charge in [0.05, 0.1) is 25.3 Å². The summed E-state index contributed by atoms with van der Waals surface area (Å²) in [6.45, 7) is 11.9. The summed E-state index contributed by atoms with van der Waals surface area (Å²) in [6.07, 6.45) is 1.95. The van der Waals surface area contributed by atoms with Crippen LogP contribution < -0.4 is 10.6 Å². The van der Waals surface area contributed by atoms with E-state index in [1.165, 1.54) is 0 Å². The number of amides is 1. The molecule has 0 aliphatic carbocycles. The number of carbonyl (C=O) groups is 1. The molecule has 0 saturated carbocycles. The van der Waals surface area contributed by atoms with Gasteiger partial charge in [0.25, 0.3) is 0 Å². The van der Waals surface area contributed by atoms with E-state index in [9.17, 15) is 4.79 Å². The molecule has 0 unspecified atom stereocenters. The highest BCUT2D eigenvalue weighted by Crippen LogP contribution is 2.32. The largest absolute Gasteiger partial charge is 0.378 e. The van der Waals surface area contributed by atoms with Crippen LogP contribution in [0.4, 0.5) is 5.82 Å². The Labute approximate surface area is 227 Å². The van der Waals surface area contributed by atoms with Crippen LogP contribution in [0.15, 0.2) is 30.5 Å². The first-order chi connectivity index (χ1) is 18.8. The summed E-state index contributed by atoms with van der Waals surface area (Å²) < 4.78 is 7.85. The van der Waals surface area contributed by atoms with Gasteiger partial charge in [-0.3, -0.25) is 14.6 Å². The standard InChI is InChI=1S/C28H37N9O2/c1-5-37-22(17-35-15-18(16-35)34(4)28(2,3)27(29)38)31-23-25(36-11-13-39-14-12-36)32-24(33-26(23)37)20-7-6-8-21-19(20)9-10-30-21/h6-10,18,30H,5,11-17H2,1-4H3,(H2,29,38). The molecule has 3 N–H and O–H groups in total. The van der Waals surface area contributed by atoms with E-state index in [4.69, 9.17) is 25.4 Å². The molecule has 2 fully saturated rings. The summed E-state index contributed by atoms with van der Waals surface area (Å²) in [5.41, 5.74) is 8.72. The van der Waals surface area contributed by atoms with E-state index in [1.54, 1.807) is 0 Å². The third kappa shape index (κ3) is 4.44. The van der Waals surface area contributed by atoms with Crippen molar-refractivity contribution in [2.45, 2.75) is 45.4 Å². The molecule has 2 aliphatic rings. The summed E-state index contributed by atoms with van der Waals surface area (Å²) in [7, 11) is 1.98. The number of nitrogens with two attached hydrogens (primary N) is 1. The summed E-state index contributed by atoms with van der Waals surface area (Å²) >= 11 is 0. The average molecular weight is 532 g/mol. The number of ether oxygens (including phenoxy) is 1. The maximum atomic E-state index is 11.9. The lowest BCUT2D eigenvalue weighted by molar-refractivity contribution is -0.131. The van der Waals surface area contributed by atoms with Crippen molar-refractivity contribution in [1.82, 2.24) is 34.3 Å². The van der Waals surface area contributed by atoms with Crippen molar-refractivity contribution >= 4 is 33.8 Å². The zero-order valence-electron chi connectivity index (χ0n) is 23.1. The lowest BCUT2D eigenvalue weighted by Gasteiger charge is -2.48. The lowest BCUT2D eigenvalue weighted by atomic mass is 9.97. The number of anilines is 1. The Balaban J connectivity index is 1.36. The van der Waals surface area contributed by atoms with Crippen LogP contribution in [0.25, 0.3) is 33.5 Å². The van der Waals surface area contributed by atoms with Gasteiger partial charge >= 0.3 is 0 Å². The number of primary amides is 1. The van der Waals surface area contributed by atoms with Gasteiger partial charge < -0.3 is 24.9 Å². The number of hydrogen-bond donors (Lipinski definition) is 2. The molecular weight excluding hydrogens is 494 g/mol. The number of benzene rings is 1. The molecule has 6 rings (SSSR count). The van der Waals surface area contributed by atoms with Crippen LogP contribution in [0.2, 0.25) is 0 Å². The summed E-state index contributed by atoms with van der Waals surface area (Å²) in [5, 5.41) is 1.10. The zero-order chi connectivity index (χ0) is 27.3. The molecule has 0 spiro atoms. The van der Waals surface area contributed by atoms with Crippen molar-refractivity contribution in [3.63, 3.8) is 0 Å². The highest BCUT2D eigenvalue weighted by Gasteiger charge is 2.40. The predicted molar refractivity (Wildman–Crippen MR) is 151 cm³/mol. The number of likely N-dealkylation sites (N-methyl/N-ethyl adjacent to an activating group) is 1. The summed E-state index contributed by atoms with van der Waals surface area (Å²) in [4.78, 5) is 37.3. The van der Waals surface area contributed by atoms with Crippen molar-refractivity contribution in [2.75, 3.05) is 51.3 Å². The second-order valence-electron chi connectivity index (χ2n) is 11.0. The topological polar surface area (TPSA) is 121 Å². The molecule has 0 atom stereocenters. The highest BCUT2D eigenvalue weighted by molar-refractivity contribution is 5.95. The highest BCUT2D eigenvalue weighted by atomic mass is 16.5. The fraction of sp³-hybridized carbons (Fsp3) is 0.500. The maximum Gasteiger partial charge on any atom is 0.237 e. The maximum absolute atomic E-state index is 11.9. The van der Waals surface area contributed by atoms with Crippen LogP contribution >= 0.6 is 0 Å². The molecule has 4 aromatic rings. The second kappa shape index (κ2) is 9.89. The monoisotopic (exact) mass is 531 g/mol. The molecule has 0 radical (unpaired) electrons. The van der Waals surface area contributed by atoms with Crippen LogP contribution in [0.1, 0.15) is 26.6 Å². The first-order valence-corrected chi connectivity index (χ1v) is 13.7. The van der Waals surface area contributed by atoms with Gasteiger partial charge in [-0.1, -0.05) is 12.1 Å². The van der Waals surface area contributed by atoms with E-state index < -0.39 is 5.54 Å². The molecule has 1 aromatic carbocycles. The van der Waals surface area contributed by atoms with Crippen LogP contribution in [0.5, 0.6) is 0 Å². The molecule has 3 aromatic heterocycles. The number of fused-ring (bicyclic) bond motifs is 2. The van der Waals surface area contributed by atoms with Crippen molar-refractivity contribution in [3.05, 3.63) is 36.3 Å². The van der Waals surface area contributed by atoms with Crippen LogP contribution in [-0.4, -0.2) is 98.2 Å². The molecule has 206 valence electrons. The van der Waals surface area contributed by atoms with Crippen molar-refractivity contribution in [2.24, 2.45) is 5.73 Å². The number of aromatic nitrogens is 5. The number of imidazole rings is 1. The molecule has 11 nitrogen and oxygen atoms in total. The van der Waals surface area contributed by atoms with Crippen LogP contribution in [0, 0.1) is 0 Å². The van der Waals surface area contributed by atoms with Crippen LogP contribution in [0.3, 0.4) is 0 Å². The molecule has 5 heterocycles. The Bertz CT molecular complexity index is 1510. The van der Waals surface area contributed by atoms with Gasteiger partial charge in [0.2, 0.25) is 5.91 Å². The lowest BCUT2D eigenvalue weighted by Crippen LogP contribution is -2.65. The minimum Gasteiger partial charge on any atom is -0.378 e. The minimum absolute atomic E-state index is 0.268. The van der Waals surface area contributed by atoms with Crippen molar-refractivity contribution in [1.29, 1.82) is 0 Å². The van der Waals surface area contributed by atoms with E-state index in [0.29, 0.717) is 25.6 Å². The predicted octanol–water partition coefficient (Wildman–Crippen LogP) is 2.21. The Kier molecular flexibility index (Phi) is 6.52. The Morgan fingerprint density at radius 3 is 2.67 bits per heavy atom. The molecule has 2 saturated heterocycles. The third-order valence-corrected chi connectivity index (χ3v) is 8.45. The number of rotatable bonds is 8. The quantitative estimate of drug-likeness (QED) is 0.355. The van der Waals surface area contributed by atoms with E-state index >= 15 is 0 Å². The fourth-order valence-electron chi connectivity index (χ4n) is 5.63. The number of nitrogens with one attached hydrogen (secondary N) is 1. The number of aryl methyl sites for hydroxylation is 1. The average Bonchev–Trinajstić information content (AvgIpc) is 3.54. The molecule has 39 heavy (non-hydrogen) atoms. The van der Waals surface area contributed by atoms with E-state index in [0.717, 1.165) is 72.0 Å². The van der Waals surface area contributed by atoms with Crippen molar-refractivity contribution < 1.29 is 9.53 Å². The number of nitrogens with zero attached hydrogens (tertiary/aromatic N) is 7. The molecule has 1 amide bonds. The number of aromatic amines is 1. The Morgan fingerprint density at radius 1 is 1.18 bits per heavy atom. The summed E-state index contributed by atoms with van der Waals surface area (Å²) in [5.74, 6) is 2.23. The number of H-pyrrole nitrogens is 1. The smallest absolute Gasteiger partial charge is 0.237 e. The molecule has 2 aliphatic heterocycles.